The van der Waals surface area contributed by atoms with Crippen LogP contribution in [0.15, 0.2) is 23.4 Å². The highest BCUT2D eigenvalue weighted by atomic mass is 32.2. The van der Waals surface area contributed by atoms with E-state index < -0.39 is 0 Å². The Morgan fingerprint density at radius 3 is 3.05 bits per heavy atom. The molecule has 0 saturated heterocycles. The standard InChI is InChI=1S/C15H23N3OS/c1-4-7-16-12(9-19-3)10-20-15-17-13-6-5-11(2)8-14(13)18-15/h5-6,8,12,16H,4,7,9-10H2,1-3H3,(H,17,18). The van der Waals surface area contributed by atoms with Crippen LogP contribution < -0.4 is 5.32 Å². The van der Waals surface area contributed by atoms with Crippen molar-refractivity contribution < 1.29 is 4.74 Å². The molecule has 1 aromatic carbocycles. The summed E-state index contributed by atoms with van der Waals surface area (Å²) in [6.45, 7) is 6.02. The van der Waals surface area contributed by atoms with Crippen LogP contribution in [0, 0.1) is 6.92 Å². The molecule has 0 saturated carbocycles. The number of fused-ring (bicyclic) bond motifs is 1. The van der Waals surface area contributed by atoms with E-state index in [2.05, 4.69) is 47.3 Å². The summed E-state index contributed by atoms with van der Waals surface area (Å²) in [5.74, 6) is 0.951. The molecule has 0 amide bonds. The van der Waals surface area contributed by atoms with Crippen molar-refractivity contribution in [3.63, 3.8) is 0 Å². The third kappa shape index (κ3) is 4.23. The van der Waals surface area contributed by atoms with Gasteiger partial charge in [-0.2, -0.15) is 0 Å². The summed E-state index contributed by atoms with van der Waals surface area (Å²) in [7, 11) is 1.75. The van der Waals surface area contributed by atoms with Crippen molar-refractivity contribution in [2.24, 2.45) is 0 Å². The number of methoxy groups -OCH3 is 1. The first-order valence-electron chi connectivity index (χ1n) is 7.04. The first-order valence-corrected chi connectivity index (χ1v) is 8.03. The van der Waals surface area contributed by atoms with Gasteiger partial charge in [0.05, 0.1) is 17.6 Å². The molecule has 20 heavy (non-hydrogen) atoms. The van der Waals surface area contributed by atoms with E-state index >= 15 is 0 Å². The Balaban J connectivity index is 1.96. The van der Waals surface area contributed by atoms with Gasteiger partial charge in [-0.15, -0.1) is 0 Å². The summed E-state index contributed by atoms with van der Waals surface area (Å²) < 4.78 is 5.26. The smallest absolute Gasteiger partial charge is 0.166 e. The molecule has 0 fully saturated rings. The fourth-order valence-electron chi connectivity index (χ4n) is 2.06. The van der Waals surface area contributed by atoms with Gasteiger partial charge in [0.25, 0.3) is 0 Å². The van der Waals surface area contributed by atoms with Gasteiger partial charge in [-0.3, -0.25) is 0 Å². The summed E-state index contributed by atoms with van der Waals surface area (Å²) in [6.07, 6.45) is 1.13. The lowest BCUT2D eigenvalue weighted by molar-refractivity contribution is 0.174. The molecule has 0 aliphatic carbocycles. The Kier molecular flexibility index (Phi) is 5.88. The second-order valence-electron chi connectivity index (χ2n) is 4.98. The second-order valence-corrected chi connectivity index (χ2v) is 5.99. The van der Waals surface area contributed by atoms with Crippen LogP contribution in [-0.2, 0) is 4.74 Å². The number of aromatic amines is 1. The summed E-state index contributed by atoms with van der Waals surface area (Å²) in [5.41, 5.74) is 3.39. The lowest BCUT2D eigenvalue weighted by atomic mass is 10.2. The van der Waals surface area contributed by atoms with Crippen LogP contribution >= 0.6 is 11.8 Å². The lowest BCUT2D eigenvalue weighted by Gasteiger charge is -2.16. The number of H-pyrrole nitrogens is 1. The van der Waals surface area contributed by atoms with Gasteiger partial charge in [-0.05, 0) is 37.6 Å². The summed E-state index contributed by atoms with van der Waals surface area (Å²) in [5, 5.41) is 4.47. The molecular formula is C15H23N3OS. The molecule has 2 aromatic rings. The SMILES string of the molecule is CCCNC(COC)CSc1nc2ccc(C)cc2[nH]1. The Morgan fingerprint density at radius 1 is 1.45 bits per heavy atom. The molecule has 2 rings (SSSR count). The molecule has 1 unspecified atom stereocenters. The van der Waals surface area contributed by atoms with E-state index in [-0.39, 0.29) is 0 Å². The van der Waals surface area contributed by atoms with Crippen molar-refractivity contribution in [1.82, 2.24) is 15.3 Å². The lowest BCUT2D eigenvalue weighted by Crippen LogP contribution is -2.35. The molecular weight excluding hydrogens is 270 g/mol. The van der Waals surface area contributed by atoms with E-state index in [4.69, 9.17) is 4.74 Å². The van der Waals surface area contributed by atoms with Crippen LogP contribution in [0.3, 0.4) is 0 Å². The molecule has 0 radical (unpaired) electrons. The first kappa shape index (κ1) is 15.4. The Bertz CT molecular complexity index is 541. The molecule has 0 spiro atoms. The highest BCUT2D eigenvalue weighted by Crippen LogP contribution is 2.20. The number of nitrogens with one attached hydrogen (secondary N) is 2. The third-order valence-corrected chi connectivity index (χ3v) is 4.12. The molecule has 110 valence electrons. The van der Waals surface area contributed by atoms with E-state index in [0.717, 1.165) is 41.5 Å². The van der Waals surface area contributed by atoms with Crippen LogP contribution in [0.1, 0.15) is 18.9 Å². The molecule has 4 nitrogen and oxygen atoms in total. The number of aryl methyl sites for hydroxylation is 1. The van der Waals surface area contributed by atoms with Crippen LogP contribution in [-0.4, -0.2) is 42.0 Å². The third-order valence-electron chi connectivity index (χ3n) is 3.09. The number of hydrogen-bond acceptors (Lipinski definition) is 4. The molecule has 0 aliphatic rings. The fourth-order valence-corrected chi connectivity index (χ4v) is 2.98. The zero-order valence-corrected chi connectivity index (χ0v) is 13.2. The fraction of sp³-hybridized carbons (Fsp3) is 0.533. The molecule has 1 heterocycles. The number of thioether (sulfide) groups is 1. The predicted molar refractivity (Wildman–Crippen MR) is 85.5 cm³/mol. The molecule has 1 atom stereocenters. The topological polar surface area (TPSA) is 49.9 Å². The maximum atomic E-state index is 5.26. The highest BCUT2D eigenvalue weighted by Gasteiger charge is 2.10. The van der Waals surface area contributed by atoms with Gasteiger partial charge in [-0.25, -0.2) is 4.98 Å². The predicted octanol–water partition coefficient (Wildman–Crippen LogP) is 2.98. The van der Waals surface area contributed by atoms with E-state index in [1.54, 1.807) is 18.9 Å². The molecule has 0 bridgehead atoms. The van der Waals surface area contributed by atoms with Crippen molar-refractivity contribution in [2.75, 3.05) is 26.0 Å². The zero-order valence-electron chi connectivity index (χ0n) is 12.4. The zero-order chi connectivity index (χ0) is 14.4. The van der Waals surface area contributed by atoms with E-state index in [9.17, 15) is 0 Å². The summed E-state index contributed by atoms with van der Waals surface area (Å²) >= 11 is 1.74. The van der Waals surface area contributed by atoms with Gasteiger partial charge in [0, 0.05) is 18.9 Å². The molecule has 0 aliphatic heterocycles. The minimum atomic E-state index is 0.361. The van der Waals surface area contributed by atoms with Crippen molar-refractivity contribution in [3.8, 4) is 0 Å². The number of benzene rings is 1. The minimum Gasteiger partial charge on any atom is -0.383 e. The average molecular weight is 293 g/mol. The van der Waals surface area contributed by atoms with Crippen molar-refractivity contribution in [1.29, 1.82) is 0 Å². The maximum Gasteiger partial charge on any atom is 0.166 e. The number of rotatable bonds is 8. The summed E-state index contributed by atoms with van der Waals surface area (Å²) in [4.78, 5) is 7.98. The van der Waals surface area contributed by atoms with E-state index in [1.807, 2.05) is 0 Å². The largest absolute Gasteiger partial charge is 0.383 e. The number of hydrogen-bond donors (Lipinski definition) is 2. The number of imidazole rings is 1. The van der Waals surface area contributed by atoms with Gasteiger partial charge in [0.2, 0.25) is 0 Å². The van der Waals surface area contributed by atoms with Gasteiger partial charge in [-0.1, -0.05) is 24.8 Å². The normalized spacial score (nSPS) is 12.9. The number of ether oxygens (including phenoxy) is 1. The Labute approximate surface area is 124 Å². The molecule has 5 heteroatoms. The Hall–Kier alpha value is -1.04. The van der Waals surface area contributed by atoms with Gasteiger partial charge in [0.15, 0.2) is 5.16 Å². The Morgan fingerprint density at radius 2 is 2.30 bits per heavy atom. The monoisotopic (exact) mass is 293 g/mol. The molecule has 1 aromatic heterocycles. The van der Waals surface area contributed by atoms with Crippen LogP contribution in [0.5, 0.6) is 0 Å². The second kappa shape index (κ2) is 7.67. The van der Waals surface area contributed by atoms with Crippen LogP contribution in [0.4, 0.5) is 0 Å². The van der Waals surface area contributed by atoms with E-state index in [1.165, 1.54) is 5.56 Å². The van der Waals surface area contributed by atoms with Crippen molar-refractivity contribution in [3.05, 3.63) is 23.8 Å². The highest BCUT2D eigenvalue weighted by molar-refractivity contribution is 7.99. The quantitative estimate of drug-likeness (QED) is 0.735. The molecule has 2 N–H and O–H groups in total. The van der Waals surface area contributed by atoms with Gasteiger partial charge < -0.3 is 15.0 Å². The number of aromatic nitrogens is 2. The van der Waals surface area contributed by atoms with Crippen LogP contribution in [0.25, 0.3) is 11.0 Å². The van der Waals surface area contributed by atoms with Crippen LogP contribution in [0.2, 0.25) is 0 Å². The maximum absolute atomic E-state index is 5.26. The average Bonchev–Trinajstić information content (AvgIpc) is 2.83. The van der Waals surface area contributed by atoms with Gasteiger partial charge in [0.1, 0.15) is 0 Å². The van der Waals surface area contributed by atoms with Gasteiger partial charge >= 0.3 is 0 Å². The first-order chi connectivity index (χ1) is 9.72. The van der Waals surface area contributed by atoms with Crippen molar-refractivity contribution in [2.45, 2.75) is 31.5 Å². The van der Waals surface area contributed by atoms with Crippen molar-refractivity contribution >= 4 is 22.8 Å². The summed E-state index contributed by atoms with van der Waals surface area (Å²) in [6, 6.07) is 6.65. The number of nitrogens with zero attached hydrogens (tertiary/aromatic N) is 1. The van der Waals surface area contributed by atoms with E-state index in [0.29, 0.717) is 6.04 Å². The minimum absolute atomic E-state index is 0.361.